The molecule has 21 heavy (non-hydrogen) atoms. The minimum Gasteiger partial charge on any atom is -0.376 e. The Bertz CT molecular complexity index is 677. The molecule has 112 valence electrons. The standard InChI is InChI=1S/C16H20ClN3O/c1-9-5-7-18-16-13(9)19-15(10(2)17)20(16)12-6-8-21-14(12)11-3-4-11/h5,7,10-12,14H,3-4,6,8H2,1-2H3. The van der Waals surface area contributed by atoms with E-state index in [2.05, 4.69) is 16.5 Å². The van der Waals surface area contributed by atoms with Gasteiger partial charge in [0.25, 0.3) is 0 Å². The van der Waals surface area contributed by atoms with E-state index in [9.17, 15) is 0 Å². The van der Waals surface area contributed by atoms with E-state index < -0.39 is 0 Å². The van der Waals surface area contributed by atoms with Crippen LogP contribution < -0.4 is 0 Å². The molecule has 0 amide bonds. The first-order valence-corrected chi connectivity index (χ1v) is 8.19. The molecule has 1 saturated heterocycles. The van der Waals surface area contributed by atoms with Gasteiger partial charge >= 0.3 is 0 Å². The van der Waals surface area contributed by atoms with E-state index in [4.69, 9.17) is 21.3 Å². The zero-order valence-electron chi connectivity index (χ0n) is 12.4. The number of aryl methyl sites for hydroxylation is 1. The summed E-state index contributed by atoms with van der Waals surface area (Å²) in [6, 6.07) is 2.33. The van der Waals surface area contributed by atoms with E-state index in [-0.39, 0.29) is 5.38 Å². The summed E-state index contributed by atoms with van der Waals surface area (Å²) < 4.78 is 8.27. The average Bonchev–Trinajstić information content (AvgIpc) is 3.05. The van der Waals surface area contributed by atoms with E-state index in [1.54, 1.807) is 0 Å². The third-order valence-corrected chi connectivity index (χ3v) is 4.88. The van der Waals surface area contributed by atoms with Crippen LogP contribution in [0.2, 0.25) is 0 Å². The first kappa shape index (κ1) is 13.5. The maximum atomic E-state index is 6.40. The Morgan fingerprint density at radius 2 is 2.19 bits per heavy atom. The van der Waals surface area contributed by atoms with Gasteiger partial charge in [-0.2, -0.15) is 0 Å². The summed E-state index contributed by atoms with van der Waals surface area (Å²) in [6.45, 7) is 4.89. The lowest BCUT2D eigenvalue weighted by Crippen LogP contribution is -2.24. The molecule has 4 nitrogen and oxygen atoms in total. The number of halogens is 1. The lowest BCUT2D eigenvalue weighted by atomic mass is 10.1. The number of imidazole rings is 1. The minimum absolute atomic E-state index is 0.126. The van der Waals surface area contributed by atoms with Gasteiger partial charge in [-0.25, -0.2) is 9.97 Å². The average molecular weight is 306 g/mol. The summed E-state index contributed by atoms with van der Waals surface area (Å²) in [5.41, 5.74) is 3.08. The second kappa shape index (κ2) is 4.96. The van der Waals surface area contributed by atoms with E-state index >= 15 is 0 Å². The van der Waals surface area contributed by atoms with Crippen LogP contribution in [0.5, 0.6) is 0 Å². The normalized spacial score (nSPS) is 27.4. The van der Waals surface area contributed by atoms with Crippen LogP contribution in [0.4, 0.5) is 0 Å². The van der Waals surface area contributed by atoms with Gasteiger partial charge in [-0.15, -0.1) is 11.6 Å². The van der Waals surface area contributed by atoms with Crippen molar-refractivity contribution in [3.8, 4) is 0 Å². The van der Waals surface area contributed by atoms with Crippen molar-refractivity contribution in [2.24, 2.45) is 5.92 Å². The van der Waals surface area contributed by atoms with Crippen molar-refractivity contribution < 1.29 is 4.74 Å². The number of hydrogen-bond acceptors (Lipinski definition) is 3. The van der Waals surface area contributed by atoms with Crippen molar-refractivity contribution in [2.45, 2.75) is 50.6 Å². The second-order valence-electron chi connectivity index (χ2n) is 6.28. The van der Waals surface area contributed by atoms with Crippen molar-refractivity contribution in [1.29, 1.82) is 0 Å². The largest absolute Gasteiger partial charge is 0.376 e. The molecule has 2 fully saturated rings. The van der Waals surface area contributed by atoms with Gasteiger partial charge < -0.3 is 9.30 Å². The monoisotopic (exact) mass is 305 g/mol. The molecular formula is C16H20ClN3O. The molecule has 1 aliphatic carbocycles. The highest BCUT2D eigenvalue weighted by atomic mass is 35.5. The van der Waals surface area contributed by atoms with Crippen LogP contribution in [-0.2, 0) is 4.74 Å². The highest BCUT2D eigenvalue weighted by Crippen LogP contribution is 2.45. The highest BCUT2D eigenvalue weighted by molar-refractivity contribution is 6.20. The molecule has 1 saturated carbocycles. The quantitative estimate of drug-likeness (QED) is 0.810. The second-order valence-corrected chi connectivity index (χ2v) is 6.94. The molecule has 2 aromatic heterocycles. The van der Waals surface area contributed by atoms with Crippen molar-refractivity contribution in [3.05, 3.63) is 23.7 Å². The fourth-order valence-electron chi connectivity index (χ4n) is 3.49. The van der Waals surface area contributed by atoms with Crippen molar-refractivity contribution >= 4 is 22.8 Å². The summed E-state index contributed by atoms with van der Waals surface area (Å²) in [5, 5.41) is -0.126. The van der Waals surface area contributed by atoms with Crippen molar-refractivity contribution in [3.63, 3.8) is 0 Å². The molecular weight excluding hydrogens is 286 g/mol. The maximum absolute atomic E-state index is 6.40. The van der Waals surface area contributed by atoms with Gasteiger partial charge in [0.2, 0.25) is 0 Å². The molecule has 3 atom stereocenters. The molecule has 3 unspecified atom stereocenters. The Morgan fingerprint density at radius 1 is 1.38 bits per heavy atom. The van der Waals surface area contributed by atoms with Crippen LogP contribution in [0.1, 0.15) is 49.0 Å². The van der Waals surface area contributed by atoms with Gasteiger partial charge in [0.15, 0.2) is 5.65 Å². The predicted octanol–water partition coefficient (Wildman–Crippen LogP) is 3.78. The molecule has 0 N–H and O–H groups in total. The number of rotatable bonds is 3. The summed E-state index contributed by atoms with van der Waals surface area (Å²) >= 11 is 6.40. The lowest BCUT2D eigenvalue weighted by Gasteiger charge is -2.22. The number of ether oxygens (including phenoxy) is 1. The topological polar surface area (TPSA) is 39.9 Å². The van der Waals surface area contributed by atoms with Crippen molar-refractivity contribution in [1.82, 2.24) is 14.5 Å². The SMILES string of the molecule is Cc1ccnc2c1nc(C(C)Cl)n2C1CCOC1C1CC1. The predicted molar refractivity (Wildman–Crippen MR) is 82.7 cm³/mol. The third kappa shape index (κ3) is 2.16. The zero-order valence-corrected chi connectivity index (χ0v) is 13.2. The number of nitrogens with zero attached hydrogens (tertiary/aromatic N) is 3. The fourth-order valence-corrected chi connectivity index (χ4v) is 3.64. The lowest BCUT2D eigenvalue weighted by molar-refractivity contribution is 0.0752. The Morgan fingerprint density at radius 3 is 2.90 bits per heavy atom. The van der Waals surface area contributed by atoms with Crippen LogP contribution in [0.3, 0.4) is 0 Å². The Labute approximate surface area is 129 Å². The van der Waals surface area contributed by atoms with Crippen molar-refractivity contribution in [2.75, 3.05) is 6.61 Å². The summed E-state index contributed by atoms with van der Waals surface area (Å²) in [4.78, 5) is 9.37. The molecule has 0 aromatic carbocycles. The Kier molecular flexibility index (Phi) is 3.19. The summed E-state index contributed by atoms with van der Waals surface area (Å²) in [6.07, 6.45) is 5.76. The van der Waals surface area contributed by atoms with E-state index in [1.807, 2.05) is 19.2 Å². The Hall–Kier alpha value is -1.13. The van der Waals surface area contributed by atoms with Gasteiger partial charge in [-0.1, -0.05) is 0 Å². The number of pyridine rings is 1. The fraction of sp³-hybridized carbons (Fsp3) is 0.625. The molecule has 2 aliphatic rings. The van der Waals surface area contributed by atoms with Crippen LogP contribution in [0.25, 0.3) is 11.2 Å². The zero-order chi connectivity index (χ0) is 14.6. The van der Waals surface area contributed by atoms with Gasteiger partial charge in [-0.05, 0) is 50.7 Å². The molecule has 0 radical (unpaired) electrons. The first-order valence-electron chi connectivity index (χ1n) is 7.76. The van der Waals surface area contributed by atoms with Crippen LogP contribution in [0, 0.1) is 12.8 Å². The summed E-state index contributed by atoms with van der Waals surface area (Å²) in [7, 11) is 0. The maximum Gasteiger partial charge on any atom is 0.160 e. The molecule has 2 aromatic rings. The smallest absolute Gasteiger partial charge is 0.160 e. The van der Waals surface area contributed by atoms with Crippen LogP contribution >= 0.6 is 11.6 Å². The number of fused-ring (bicyclic) bond motifs is 1. The van der Waals surface area contributed by atoms with E-state index in [0.29, 0.717) is 18.1 Å². The molecule has 0 spiro atoms. The first-order chi connectivity index (χ1) is 10.2. The molecule has 3 heterocycles. The van der Waals surface area contributed by atoms with E-state index in [0.717, 1.165) is 35.6 Å². The van der Waals surface area contributed by atoms with Crippen LogP contribution in [0.15, 0.2) is 12.3 Å². The molecule has 1 aliphatic heterocycles. The third-order valence-electron chi connectivity index (χ3n) is 4.69. The number of aromatic nitrogens is 3. The minimum atomic E-state index is -0.126. The van der Waals surface area contributed by atoms with E-state index in [1.165, 1.54) is 12.8 Å². The molecule has 4 rings (SSSR count). The van der Waals surface area contributed by atoms with Crippen LogP contribution in [-0.4, -0.2) is 27.2 Å². The van der Waals surface area contributed by atoms with Gasteiger partial charge in [0.1, 0.15) is 11.3 Å². The Balaban J connectivity index is 1.89. The molecule has 0 bridgehead atoms. The van der Waals surface area contributed by atoms with Gasteiger partial charge in [0, 0.05) is 12.8 Å². The number of alkyl halides is 1. The molecule has 5 heteroatoms. The van der Waals surface area contributed by atoms with Gasteiger partial charge in [-0.3, -0.25) is 0 Å². The summed E-state index contributed by atoms with van der Waals surface area (Å²) in [5.74, 6) is 1.63. The van der Waals surface area contributed by atoms with Gasteiger partial charge in [0.05, 0.1) is 17.5 Å². The highest BCUT2D eigenvalue weighted by Gasteiger charge is 2.43. The number of hydrogen-bond donors (Lipinski definition) is 0.